The molecule has 0 amide bonds. The third kappa shape index (κ3) is 4.29. The van der Waals surface area contributed by atoms with Crippen molar-refractivity contribution in [1.29, 1.82) is 0 Å². The Kier molecular flexibility index (Phi) is 3.20. The summed E-state index contributed by atoms with van der Waals surface area (Å²) in [6, 6.07) is 5.13. The van der Waals surface area contributed by atoms with Gasteiger partial charge in [0.2, 0.25) is 0 Å². The van der Waals surface area contributed by atoms with Crippen molar-refractivity contribution in [3.8, 4) is 0 Å². The third-order valence-corrected chi connectivity index (χ3v) is 8.61. The number of nitrogens with zero attached hydrogens (tertiary/aromatic N) is 3. The van der Waals surface area contributed by atoms with E-state index in [-0.39, 0.29) is 11.4 Å². The Labute approximate surface area is 312 Å². The molecule has 0 unspecified atom stereocenters. The van der Waals surface area contributed by atoms with Gasteiger partial charge in [-0.1, -0.05) is 103 Å². The second-order valence-corrected chi connectivity index (χ2v) is 11.2. The summed E-state index contributed by atoms with van der Waals surface area (Å²) in [5, 5.41) is 3.94. The van der Waals surface area contributed by atoms with Gasteiger partial charge in [0.05, 0.1) is 44.0 Å². The quantitative estimate of drug-likeness (QED) is 0.178. The predicted molar refractivity (Wildman–Crippen MR) is 208 cm³/mol. The first kappa shape index (κ1) is 14.3. The third-order valence-electron chi connectivity index (χ3n) is 8.61. The molecule has 3 heteroatoms. The van der Waals surface area contributed by atoms with Crippen LogP contribution in [0.1, 0.15) is 27.4 Å². The Morgan fingerprint density at radius 2 is 0.898 bits per heavy atom. The van der Waals surface area contributed by atoms with E-state index >= 15 is 0 Å². The first-order valence-corrected chi connectivity index (χ1v) is 15.1. The van der Waals surface area contributed by atoms with Crippen LogP contribution in [0.15, 0.2) is 188 Å². The smallest absolute Gasteiger partial charge is 0.0645 e. The summed E-state index contributed by atoms with van der Waals surface area (Å²) in [7, 11) is 0. The Balaban J connectivity index is 1.31. The van der Waals surface area contributed by atoms with Crippen LogP contribution in [0, 0.1) is 0 Å². The molecule has 0 fully saturated rings. The summed E-state index contributed by atoms with van der Waals surface area (Å²) in [5.41, 5.74) is 0.171. The summed E-state index contributed by atoms with van der Waals surface area (Å²) < 4.78 is 175. The summed E-state index contributed by atoms with van der Waals surface area (Å²) in [5.74, 6) is 0. The van der Waals surface area contributed by atoms with Crippen molar-refractivity contribution in [2.24, 2.45) is 0 Å². The summed E-state index contributed by atoms with van der Waals surface area (Å²) in [6.07, 6.45) is 0. The molecule has 0 aliphatic carbocycles. The fourth-order valence-corrected chi connectivity index (χ4v) is 6.71. The molecule has 0 saturated heterocycles. The zero-order valence-electron chi connectivity index (χ0n) is 45.2. The Morgan fingerprint density at radius 1 is 0.388 bits per heavy atom. The molecular formula is C46H31N3. The Morgan fingerprint density at radius 3 is 1.47 bits per heavy atom. The van der Waals surface area contributed by atoms with Crippen molar-refractivity contribution in [3.05, 3.63) is 188 Å². The van der Waals surface area contributed by atoms with Crippen LogP contribution in [0.5, 0.6) is 0 Å². The largest absolute Gasteiger partial charge is 0.310 e. The SMILES string of the molecule is [2H]c1c([2H])c([2H])c(N(c2ccc3cc4c5ccc(N(c6c([2H])c([2H])c([2H])c([2H])c6[2H])c6c([2H])c([2H])c([2H])c([2H])c6[2H])cc5n5c6ccccc6c(c3c2)c45)c2c([2H])c([2H])c([2H])c([2H])c2[2H])c([2H])c1[2H]. The molecule has 0 radical (unpaired) electrons. The van der Waals surface area contributed by atoms with Gasteiger partial charge >= 0.3 is 0 Å². The van der Waals surface area contributed by atoms with Gasteiger partial charge in [-0.15, -0.1) is 0 Å². The van der Waals surface area contributed by atoms with Gasteiger partial charge in [-0.2, -0.15) is 0 Å². The van der Waals surface area contributed by atoms with Crippen LogP contribution in [0.3, 0.4) is 0 Å². The average molecular weight is 646 g/mol. The van der Waals surface area contributed by atoms with Crippen LogP contribution in [-0.4, -0.2) is 4.40 Å². The molecule has 0 spiro atoms. The molecule has 0 N–H and O–H groups in total. The predicted octanol–water partition coefficient (Wildman–Crippen LogP) is 12.9. The highest BCUT2D eigenvalue weighted by Crippen LogP contribution is 2.46. The number of hydrogen-bond donors (Lipinski definition) is 0. The van der Waals surface area contributed by atoms with Gasteiger partial charge in [-0.05, 0) is 95.5 Å². The first-order valence-electron chi connectivity index (χ1n) is 25.1. The maximum absolute atomic E-state index is 8.97. The normalized spacial score (nSPS) is 17.4. The Hall–Kier alpha value is -6.58. The maximum Gasteiger partial charge on any atom is 0.0645 e. The molecular weight excluding hydrogens is 595 g/mol. The fourth-order valence-electron chi connectivity index (χ4n) is 6.71. The molecule has 0 bridgehead atoms. The second kappa shape index (κ2) is 11.0. The van der Waals surface area contributed by atoms with E-state index in [4.69, 9.17) is 27.4 Å². The second-order valence-electron chi connectivity index (χ2n) is 11.2. The van der Waals surface area contributed by atoms with Crippen LogP contribution in [0.2, 0.25) is 0 Å². The van der Waals surface area contributed by atoms with E-state index in [1.165, 1.54) is 0 Å². The van der Waals surface area contributed by atoms with Crippen LogP contribution in [0.25, 0.3) is 48.9 Å². The minimum Gasteiger partial charge on any atom is -0.310 e. The molecule has 2 aromatic heterocycles. The molecule has 10 rings (SSSR count). The lowest BCUT2D eigenvalue weighted by atomic mass is 9.99. The monoisotopic (exact) mass is 645 g/mol. The van der Waals surface area contributed by atoms with E-state index in [2.05, 4.69) is 0 Å². The van der Waals surface area contributed by atoms with Gasteiger partial charge in [0.15, 0.2) is 0 Å². The van der Waals surface area contributed by atoms with Crippen molar-refractivity contribution in [2.45, 2.75) is 0 Å². The number of rotatable bonds is 6. The van der Waals surface area contributed by atoms with Crippen molar-refractivity contribution < 1.29 is 27.4 Å². The van der Waals surface area contributed by atoms with E-state index in [0.717, 1.165) is 9.80 Å². The molecule has 49 heavy (non-hydrogen) atoms. The number of aromatic nitrogens is 1. The molecule has 0 atom stereocenters. The molecule has 2 heterocycles. The highest BCUT2D eigenvalue weighted by atomic mass is 15.1. The van der Waals surface area contributed by atoms with E-state index in [1.54, 1.807) is 36.4 Å². The molecule has 230 valence electrons. The molecule has 0 aliphatic rings. The van der Waals surface area contributed by atoms with Gasteiger partial charge in [0.1, 0.15) is 0 Å². The number of para-hydroxylation sites is 5. The van der Waals surface area contributed by atoms with Crippen LogP contribution in [0.4, 0.5) is 34.1 Å². The van der Waals surface area contributed by atoms with Crippen LogP contribution >= 0.6 is 0 Å². The number of benzene rings is 8. The molecule has 0 saturated carbocycles. The van der Waals surface area contributed by atoms with Gasteiger partial charge < -0.3 is 14.2 Å². The van der Waals surface area contributed by atoms with Gasteiger partial charge in [-0.25, -0.2) is 0 Å². The highest BCUT2D eigenvalue weighted by Gasteiger charge is 2.22. The number of anilines is 6. The number of hydrogen-bond acceptors (Lipinski definition) is 2. The number of fused-ring (bicyclic) bond motifs is 8. The lowest BCUT2D eigenvalue weighted by Gasteiger charge is -2.25. The van der Waals surface area contributed by atoms with Gasteiger partial charge in [0, 0.05) is 55.7 Å². The Bertz CT molecular complexity index is 3520. The fraction of sp³-hybridized carbons (Fsp3) is 0. The van der Waals surface area contributed by atoms with Gasteiger partial charge in [-0.3, -0.25) is 0 Å². The highest BCUT2D eigenvalue weighted by molar-refractivity contribution is 6.31. The zero-order chi connectivity index (χ0) is 49.7. The van der Waals surface area contributed by atoms with Crippen molar-refractivity contribution >= 4 is 83.0 Å². The van der Waals surface area contributed by atoms with Crippen molar-refractivity contribution in [1.82, 2.24) is 4.40 Å². The van der Waals surface area contributed by atoms with E-state index in [9.17, 15) is 0 Å². The molecule has 0 aliphatic heterocycles. The van der Waals surface area contributed by atoms with E-state index in [0.29, 0.717) is 48.9 Å². The van der Waals surface area contributed by atoms with E-state index < -0.39 is 144 Å². The minimum absolute atomic E-state index is 0.0873. The topological polar surface area (TPSA) is 10.9 Å². The lowest BCUT2D eigenvalue weighted by molar-refractivity contribution is 1.28. The molecule has 10 aromatic rings. The summed E-state index contributed by atoms with van der Waals surface area (Å²) >= 11 is 0. The van der Waals surface area contributed by atoms with Crippen molar-refractivity contribution in [3.63, 3.8) is 0 Å². The zero-order valence-corrected chi connectivity index (χ0v) is 25.2. The summed E-state index contributed by atoms with van der Waals surface area (Å²) in [6.45, 7) is 0. The standard InChI is InChI=1S/C46H31N3/c1-5-15-33(16-6-1)47(34-17-7-2-8-18-34)37-26-25-32-29-42-39-28-27-38(48(35-19-9-3-10-20-35)36-21-11-4-12-22-36)31-44(39)49-43-24-14-13-23-40(43)45(46(42)49)41(32)30-37/h1-31H/i1D,2D,3D,4D,5D,6D,7D,8D,9D,10D,11D,12D,15D,16D,17D,18D,19D,20D,21D,22D. The van der Waals surface area contributed by atoms with E-state index in [1.807, 2.05) is 34.7 Å². The minimum atomic E-state index is -0.710. The van der Waals surface area contributed by atoms with Crippen molar-refractivity contribution in [2.75, 3.05) is 9.80 Å². The molecule has 3 nitrogen and oxygen atoms in total. The van der Waals surface area contributed by atoms with Gasteiger partial charge in [0.25, 0.3) is 0 Å². The first-order chi connectivity index (χ1) is 32.6. The van der Waals surface area contributed by atoms with Crippen LogP contribution < -0.4 is 9.80 Å². The lowest BCUT2D eigenvalue weighted by Crippen LogP contribution is -2.09. The average Bonchev–Trinajstić information content (AvgIpc) is 3.86. The maximum atomic E-state index is 8.97. The molecule has 8 aromatic carbocycles. The van der Waals surface area contributed by atoms with Crippen LogP contribution in [-0.2, 0) is 0 Å². The summed E-state index contributed by atoms with van der Waals surface area (Å²) in [4.78, 5) is 2.17.